The Kier molecular flexibility index (Phi) is 4.23. The summed E-state index contributed by atoms with van der Waals surface area (Å²) in [4.78, 5) is 29.9. The van der Waals surface area contributed by atoms with Crippen LogP contribution in [0.15, 0.2) is 48.5 Å². The van der Waals surface area contributed by atoms with Crippen molar-refractivity contribution in [2.75, 3.05) is 13.1 Å². The van der Waals surface area contributed by atoms with Crippen molar-refractivity contribution in [3.05, 3.63) is 70.2 Å². The van der Waals surface area contributed by atoms with Crippen molar-refractivity contribution >= 4 is 23.4 Å². The van der Waals surface area contributed by atoms with Crippen LogP contribution in [-0.4, -0.2) is 34.7 Å². The number of halogens is 1. The fraction of sp³-hybridized carbons (Fsp3) is 0.333. The lowest BCUT2D eigenvalue weighted by atomic mass is 9.83. The first-order valence-electron chi connectivity index (χ1n) is 9.04. The van der Waals surface area contributed by atoms with Crippen LogP contribution in [0.25, 0.3) is 0 Å². The molecule has 26 heavy (non-hydrogen) atoms. The fourth-order valence-corrected chi connectivity index (χ4v) is 4.41. The summed E-state index contributed by atoms with van der Waals surface area (Å²) in [5, 5.41) is 0.642. The van der Waals surface area contributed by atoms with Crippen molar-refractivity contribution in [1.29, 1.82) is 0 Å². The highest BCUT2D eigenvalue weighted by Gasteiger charge is 2.55. The summed E-state index contributed by atoms with van der Waals surface area (Å²) in [7, 11) is 0. The van der Waals surface area contributed by atoms with E-state index in [0.717, 1.165) is 23.1 Å². The first-order valence-corrected chi connectivity index (χ1v) is 9.42. The van der Waals surface area contributed by atoms with E-state index < -0.39 is 5.66 Å². The van der Waals surface area contributed by atoms with Crippen LogP contribution in [0.5, 0.6) is 0 Å². The SMILES string of the molecule is CCCC(=O)N1CCN2C(=O)c3ccccc3CC12c1ccc(Cl)cc1. The topological polar surface area (TPSA) is 40.6 Å². The van der Waals surface area contributed by atoms with E-state index in [9.17, 15) is 9.59 Å². The second-order valence-electron chi connectivity index (χ2n) is 6.91. The Balaban J connectivity index is 1.90. The van der Waals surface area contributed by atoms with Crippen LogP contribution < -0.4 is 0 Å². The Morgan fingerprint density at radius 1 is 1.12 bits per heavy atom. The van der Waals surface area contributed by atoms with E-state index in [0.29, 0.717) is 31.0 Å². The Bertz CT molecular complexity index is 865. The predicted octanol–water partition coefficient (Wildman–Crippen LogP) is 3.83. The van der Waals surface area contributed by atoms with E-state index in [-0.39, 0.29) is 11.8 Å². The minimum Gasteiger partial charge on any atom is -0.313 e. The molecule has 134 valence electrons. The molecule has 2 aliphatic heterocycles. The molecule has 1 saturated heterocycles. The van der Waals surface area contributed by atoms with Crippen LogP contribution in [0.1, 0.15) is 41.3 Å². The molecule has 0 bridgehead atoms. The van der Waals surface area contributed by atoms with Crippen molar-refractivity contribution in [2.24, 2.45) is 0 Å². The number of fused-ring (bicyclic) bond motifs is 2. The van der Waals surface area contributed by atoms with E-state index >= 15 is 0 Å². The third-order valence-electron chi connectivity index (χ3n) is 5.44. The van der Waals surface area contributed by atoms with Crippen LogP contribution in [0.4, 0.5) is 0 Å². The molecular formula is C21H21ClN2O2. The maximum atomic E-state index is 13.2. The summed E-state index contributed by atoms with van der Waals surface area (Å²) < 4.78 is 0. The molecule has 0 aliphatic carbocycles. The zero-order valence-electron chi connectivity index (χ0n) is 14.7. The number of nitrogens with zero attached hydrogens (tertiary/aromatic N) is 2. The van der Waals surface area contributed by atoms with Gasteiger partial charge in [-0.15, -0.1) is 0 Å². The Labute approximate surface area is 158 Å². The van der Waals surface area contributed by atoms with Crippen LogP contribution >= 0.6 is 11.6 Å². The molecule has 2 aromatic rings. The van der Waals surface area contributed by atoms with Crippen molar-refractivity contribution in [3.8, 4) is 0 Å². The number of benzene rings is 2. The molecule has 5 heteroatoms. The van der Waals surface area contributed by atoms with Crippen molar-refractivity contribution < 1.29 is 9.59 Å². The molecule has 2 amide bonds. The van der Waals surface area contributed by atoms with E-state index in [1.165, 1.54) is 0 Å². The van der Waals surface area contributed by atoms with E-state index in [1.807, 2.05) is 65.3 Å². The monoisotopic (exact) mass is 368 g/mol. The molecule has 0 radical (unpaired) electrons. The number of hydrogen-bond donors (Lipinski definition) is 0. The minimum absolute atomic E-state index is 0.00593. The number of carbonyl (C=O) groups excluding carboxylic acids is 2. The van der Waals surface area contributed by atoms with Gasteiger partial charge in [-0.2, -0.15) is 0 Å². The van der Waals surface area contributed by atoms with Gasteiger partial charge in [-0.05, 0) is 35.7 Å². The zero-order valence-corrected chi connectivity index (χ0v) is 15.5. The predicted molar refractivity (Wildman–Crippen MR) is 101 cm³/mol. The number of amides is 2. The van der Waals surface area contributed by atoms with Gasteiger partial charge < -0.3 is 9.80 Å². The largest absolute Gasteiger partial charge is 0.313 e. The first-order chi connectivity index (χ1) is 12.6. The molecular weight excluding hydrogens is 348 g/mol. The highest BCUT2D eigenvalue weighted by atomic mass is 35.5. The molecule has 1 atom stereocenters. The highest BCUT2D eigenvalue weighted by Crippen LogP contribution is 2.45. The van der Waals surface area contributed by atoms with Gasteiger partial charge in [0.15, 0.2) is 0 Å². The van der Waals surface area contributed by atoms with Gasteiger partial charge in [-0.1, -0.05) is 48.9 Å². The van der Waals surface area contributed by atoms with Crippen LogP contribution in [0.2, 0.25) is 5.02 Å². The van der Waals surface area contributed by atoms with Gasteiger partial charge >= 0.3 is 0 Å². The molecule has 0 saturated carbocycles. The molecule has 0 N–H and O–H groups in total. The number of carbonyl (C=O) groups is 2. The lowest BCUT2D eigenvalue weighted by molar-refractivity contribution is -0.139. The van der Waals surface area contributed by atoms with Gasteiger partial charge in [0, 0.05) is 36.5 Å². The van der Waals surface area contributed by atoms with Crippen molar-refractivity contribution in [2.45, 2.75) is 31.8 Å². The molecule has 1 fully saturated rings. The van der Waals surface area contributed by atoms with Crippen molar-refractivity contribution in [3.63, 3.8) is 0 Å². The molecule has 2 aromatic carbocycles. The van der Waals surface area contributed by atoms with E-state index in [4.69, 9.17) is 11.6 Å². The standard InChI is InChI=1S/C21H21ClN2O2/c1-2-5-19(25)23-12-13-24-20(26)18-7-4-3-6-15(18)14-21(23,24)16-8-10-17(22)11-9-16/h3-4,6-11H,2,5,12-14H2,1H3. The summed E-state index contributed by atoms with van der Waals surface area (Å²) in [5.74, 6) is 0.0886. The van der Waals surface area contributed by atoms with Crippen molar-refractivity contribution in [1.82, 2.24) is 9.80 Å². The van der Waals surface area contributed by atoms with Gasteiger partial charge in [0.2, 0.25) is 5.91 Å². The number of rotatable bonds is 3. The minimum atomic E-state index is -0.762. The first kappa shape index (κ1) is 17.1. The third kappa shape index (κ3) is 2.43. The second kappa shape index (κ2) is 6.44. The smallest absolute Gasteiger partial charge is 0.256 e. The van der Waals surface area contributed by atoms with Crippen LogP contribution in [0.3, 0.4) is 0 Å². The summed E-state index contributed by atoms with van der Waals surface area (Å²) in [6.07, 6.45) is 1.88. The fourth-order valence-electron chi connectivity index (χ4n) is 4.28. The maximum absolute atomic E-state index is 13.2. The molecule has 1 unspecified atom stereocenters. The van der Waals surface area contributed by atoms with Crippen LogP contribution in [-0.2, 0) is 16.9 Å². The summed E-state index contributed by atoms with van der Waals surface area (Å²) in [6, 6.07) is 15.2. The van der Waals surface area contributed by atoms with Gasteiger partial charge in [0.1, 0.15) is 5.66 Å². The summed E-state index contributed by atoms with van der Waals surface area (Å²) in [6.45, 7) is 3.11. The molecule has 0 spiro atoms. The van der Waals surface area contributed by atoms with Gasteiger partial charge in [-0.3, -0.25) is 9.59 Å². The maximum Gasteiger partial charge on any atom is 0.256 e. The lowest BCUT2D eigenvalue weighted by Gasteiger charge is -2.47. The molecule has 4 rings (SSSR count). The Hall–Kier alpha value is -2.33. The molecule has 0 aromatic heterocycles. The molecule has 2 heterocycles. The van der Waals surface area contributed by atoms with E-state index in [2.05, 4.69) is 0 Å². The third-order valence-corrected chi connectivity index (χ3v) is 5.69. The van der Waals surface area contributed by atoms with Gasteiger partial charge in [-0.25, -0.2) is 0 Å². The molecule has 2 aliphatic rings. The van der Waals surface area contributed by atoms with Gasteiger partial charge in [0.05, 0.1) is 0 Å². The Morgan fingerprint density at radius 2 is 1.85 bits per heavy atom. The summed E-state index contributed by atoms with van der Waals surface area (Å²) in [5.41, 5.74) is 1.90. The average Bonchev–Trinajstić information content (AvgIpc) is 3.03. The normalized spacial score (nSPS) is 21.5. The second-order valence-corrected chi connectivity index (χ2v) is 7.35. The Morgan fingerprint density at radius 3 is 2.58 bits per heavy atom. The zero-order chi connectivity index (χ0) is 18.3. The average molecular weight is 369 g/mol. The molecule has 4 nitrogen and oxygen atoms in total. The van der Waals surface area contributed by atoms with E-state index in [1.54, 1.807) is 0 Å². The van der Waals surface area contributed by atoms with Crippen LogP contribution in [0, 0.1) is 0 Å². The summed E-state index contributed by atoms with van der Waals surface area (Å²) >= 11 is 6.09. The quantitative estimate of drug-likeness (QED) is 0.826. The highest BCUT2D eigenvalue weighted by molar-refractivity contribution is 6.30. The number of hydrogen-bond acceptors (Lipinski definition) is 2. The van der Waals surface area contributed by atoms with Gasteiger partial charge in [0.25, 0.3) is 5.91 Å². The lowest BCUT2D eigenvalue weighted by Crippen LogP contribution is -2.58.